The van der Waals surface area contributed by atoms with E-state index < -0.39 is 5.95 Å². The first-order chi connectivity index (χ1) is 13.2. The SMILES string of the molecule is O=C(Nc1cnccn1)N1CCCNc2ccc(-c3ccnc(F)c3)nc21. The summed E-state index contributed by atoms with van der Waals surface area (Å²) in [7, 11) is 0. The molecule has 1 aliphatic rings. The van der Waals surface area contributed by atoms with Gasteiger partial charge >= 0.3 is 6.03 Å². The van der Waals surface area contributed by atoms with Crippen LogP contribution in [0, 0.1) is 5.95 Å². The van der Waals surface area contributed by atoms with Gasteiger partial charge in [0.25, 0.3) is 0 Å². The first-order valence-corrected chi connectivity index (χ1v) is 8.42. The number of anilines is 3. The zero-order chi connectivity index (χ0) is 18.6. The van der Waals surface area contributed by atoms with Crippen LogP contribution in [0.3, 0.4) is 0 Å². The third-order valence-corrected chi connectivity index (χ3v) is 4.07. The van der Waals surface area contributed by atoms with Crippen LogP contribution in [0.5, 0.6) is 0 Å². The summed E-state index contributed by atoms with van der Waals surface area (Å²) in [4.78, 5) is 30.5. The molecule has 2 amide bonds. The molecule has 3 aromatic heterocycles. The van der Waals surface area contributed by atoms with Gasteiger partial charge in [-0.1, -0.05) is 0 Å². The van der Waals surface area contributed by atoms with E-state index in [0.717, 1.165) is 12.1 Å². The van der Waals surface area contributed by atoms with Gasteiger partial charge in [0.1, 0.15) is 0 Å². The number of carbonyl (C=O) groups excluding carboxylic acids is 1. The van der Waals surface area contributed by atoms with E-state index in [4.69, 9.17) is 0 Å². The summed E-state index contributed by atoms with van der Waals surface area (Å²) >= 11 is 0. The Kier molecular flexibility index (Phi) is 4.56. The molecular weight excluding hydrogens is 349 g/mol. The highest BCUT2D eigenvalue weighted by molar-refractivity contribution is 6.02. The van der Waals surface area contributed by atoms with E-state index >= 15 is 0 Å². The predicted molar refractivity (Wildman–Crippen MR) is 98.9 cm³/mol. The van der Waals surface area contributed by atoms with Crippen molar-refractivity contribution in [3.63, 3.8) is 0 Å². The van der Waals surface area contributed by atoms with Gasteiger partial charge in [-0.3, -0.25) is 15.2 Å². The summed E-state index contributed by atoms with van der Waals surface area (Å²) in [5.74, 6) is 0.247. The monoisotopic (exact) mass is 365 g/mol. The van der Waals surface area contributed by atoms with Crippen LogP contribution in [0.1, 0.15) is 6.42 Å². The average Bonchev–Trinajstić information content (AvgIpc) is 2.90. The number of hydrogen-bond donors (Lipinski definition) is 2. The van der Waals surface area contributed by atoms with Crippen LogP contribution in [0.2, 0.25) is 0 Å². The zero-order valence-corrected chi connectivity index (χ0v) is 14.3. The van der Waals surface area contributed by atoms with Crippen LogP contribution in [-0.4, -0.2) is 39.1 Å². The molecule has 0 spiro atoms. The number of halogens is 1. The molecule has 0 saturated carbocycles. The molecule has 2 N–H and O–H groups in total. The van der Waals surface area contributed by atoms with Crippen LogP contribution in [0.4, 0.5) is 26.5 Å². The van der Waals surface area contributed by atoms with Crippen LogP contribution in [0.25, 0.3) is 11.3 Å². The van der Waals surface area contributed by atoms with E-state index in [1.165, 1.54) is 30.9 Å². The molecule has 3 aromatic rings. The van der Waals surface area contributed by atoms with Gasteiger partial charge in [-0.05, 0) is 24.6 Å². The molecule has 9 heteroatoms. The van der Waals surface area contributed by atoms with Crippen molar-refractivity contribution in [2.75, 3.05) is 28.6 Å². The molecule has 0 aliphatic carbocycles. The van der Waals surface area contributed by atoms with Crippen LogP contribution < -0.4 is 15.5 Å². The quantitative estimate of drug-likeness (QED) is 0.678. The van der Waals surface area contributed by atoms with Crippen molar-refractivity contribution in [2.45, 2.75) is 6.42 Å². The van der Waals surface area contributed by atoms with Crippen LogP contribution >= 0.6 is 0 Å². The second kappa shape index (κ2) is 7.32. The Labute approximate surface area is 154 Å². The summed E-state index contributed by atoms with van der Waals surface area (Å²) in [5.41, 5.74) is 1.87. The maximum absolute atomic E-state index is 13.5. The van der Waals surface area contributed by atoms with Crippen LogP contribution in [0.15, 0.2) is 49.1 Å². The van der Waals surface area contributed by atoms with Gasteiger partial charge in [0.2, 0.25) is 5.95 Å². The maximum Gasteiger partial charge on any atom is 0.328 e. The molecule has 0 atom stereocenters. The van der Waals surface area contributed by atoms with E-state index in [1.54, 1.807) is 17.0 Å². The lowest BCUT2D eigenvalue weighted by Crippen LogP contribution is -2.36. The fourth-order valence-corrected chi connectivity index (χ4v) is 2.82. The van der Waals surface area contributed by atoms with Gasteiger partial charge in [0.05, 0.1) is 17.6 Å². The highest BCUT2D eigenvalue weighted by Crippen LogP contribution is 2.30. The van der Waals surface area contributed by atoms with Crippen molar-refractivity contribution in [1.29, 1.82) is 0 Å². The number of aromatic nitrogens is 4. The molecule has 27 heavy (non-hydrogen) atoms. The van der Waals surface area contributed by atoms with E-state index in [9.17, 15) is 9.18 Å². The molecule has 1 aliphatic heterocycles. The zero-order valence-electron chi connectivity index (χ0n) is 14.3. The topological polar surface area (TPSA) is 95.9 Å². The highest BCUT2D eigenvalue weighted by atomic mass is 19.1. The summed E-state index contributed by atoms with van der Waals surface area (Å²) in [6.07, 6.45) is 6.64. The molecule has 4 rings (SSSR count). The van der Waals surface area contributed by atoms with Gasteiger partial charge in [-0.15, -0.1) is 0 Å². The lowest BCUT2D eigenvalue weighted by atomic mass is 10.1. The van der Waals surface area contributed by atoms with Crippen molar-refractivity contribution in [2.24, 2.45) is 0 Å². The molecular formula is C18H16FN7O. The highest BCUT2D eigenvalue weighted by Gasteiger charge is 2.23. The van der Waals surface area contributed by atoms with Gasteiger partial charge in [0, 0.05) is 43.3 Å². The summed E-state index contributed by atoms with van der Waals surface area (Å²) in [6, 6.07) is 6.24. The van der Waals surface area contributed by atoms with Gasteiger partial charge in [0.15, 0.2) is 11.6 Å². The Morgan fingerprint density at radius 2 is 2.11 bits per heavy atom. The number of rotatable bonds is 2. The Morgan fingerprint density at radius 1 is 1.19 bits per heavy atom. The van der Waals surface area contributed by atoms with Gasteiger partial charge < -0.3 is 5.32 Å². The largest absolute Gasteiger partial charge is 0.382 e. The third-order valence-electron chi connectivity index (χ3n) is 4.07. The van der Waals surface area contributed by atoms with Crippen molar-refractivity contribution in [3.8, 4) is 11.3 Å². The number of amides is 2. The Balaban J connectivity index is 1.69. The standard InChI is InChI=1S/C18H16FN7O/c19-15-10-12(4-6-22-15)13-2-3-14-17(24-13)26(9-1-5-21-14)18(27)25-16-11-20-7-8-23-16/h2-4,6-8,10-11,21H,1,5,9H2,(H,23,25,27). The lowest BCUT2D eigenvalue weighted by molar-refractivity contribution is 0.256. The van der Waals surface area contributed by atoms with Crippen molar-refractivity contribution >= 4 is 23.4 Å². The van der Waals surface area contributed by atoms with Gasteiger partial charge in [-0.25, -0.2) is 19.7 Å². The molecule has 0 bridgehead atoms. The molecule has 136 valence electrons. The van der Waals surface area contributed by atoms with Crippen molar-refractivity contribution in [3.05, 3.63) is 55.0 Å². The predicted octanol–water partition coefficient (Wildman–Crippen LogP) is 2.93. The number of urea groups is 1. The van der Waals surface area contributed by atoms with Crippen molar-refractivity contribution in [1.82, 2.24) is 19.9 Å². The Morgan fingerprint density at radius 3 is 2.93 bits per heavy atom. The molecule has 0 radical (unpaired) electrons. The maximum atomic E-state index is 13.5. The molecule has 0 fully saturated rings. The Bertz CT molecular complexity index is 967. The Hall–Kier alpha value is -3.62. The summed E-state index contributed by atoms with van der Waals surface area (Å²) < 4.78 is 13.5. The molecule has 0 aromatic carbocycles. The fourth-order valence-electron chi connectivity index (χ4n) is 2.82. The van der Waals surface area contributed by atoms with E-state index in [-0.39, 0.29) is 6.03 Å². The van der Waals surface area contributed by atoms with E-state index in [1.807, 2.05) is 6.07 Å². The van der Waals surface area contributed by atoms with Gasteiger partial charge in [-0.2, -0.15) is 4.39 Å². The second-order valence-electron chi connectivity index (χ2n) is 5.89. The smallest absolute Gasteiger partial charge is 0.328 e. The number of nitrogens with zero attached hydrogens (tertiary/aromatic N) is 5. The lowest BCUT2D eigenvalue weighted by Gasteiger charge is -2.22. The minimum absolute atomic E-state index is 0.355. The average molecular weight is 365 g/mol. The third kappa shape index (κ3) is 3.66. The van der Waals surface area contributed by atoms with E-state index in [0.29, 0.717) is 36.0 Å². The number of nitrogens with one attached hydrogen (secondary N) is 2. The summed E-state index contributed by atoms with van der Waals surface area (Å²) in [6.45, 7) is 1.19. The van der Waals surface area contributed by atoms with Crippen molar-refractivity contribution < 1.29 is 9.18 Å². The second-order valence-corrected chi connectivity index (χ2v) is 5.89. The first kappa shape index (κ1) is 16.8. The number of hydrogen-bond acceptors (Lipinski definition) is 6. The van der Waals surface area contributed by atoms with E-state index in [2.05, 4.69) is 30.6 Å². The number of pyridine rings is 2. The number of carbonyl (C=O) groups is 1. The molecule has 0 saturated heterocycles. The molecule has 0 unspecified atom stereocenters. The van der Waals surface area contributed by atoms with Crippen LogP contribution in [-0.2, 0) is 0 Å². The fraction of sp³-hybridized carbons (Fsp3) is 0.167. The molecule has 4 heterocycles. The minimum Gasteiger partial charge on any atom is -0.382 e. The minimum atomic E-state index is -0.584. The molecule has 8 nitrogen and oxygen atoms in total. The normalized spacial score (nSPS) is 13.3. The first-order valence-electron chi connectivity index (χ1n) is 8.42. The number of fused-ring (bicyclic) bond motifs is 1. The summed E-state index contributed by atoms with van der Waals surface area (Å²) in [5, 5.41) is 5.99.